The summed E-state index contributed by atoms with van der Waals surface area (Å²) in [6.07, 6.45) is 0. The van der Waals surface area contributed by atoms with E-state index >= 15 is 4.57 Å². The third kappa shape index (κ3) is 6.27. The van der Waals surface area contributed by atoms with Crippen molar-refractivity contribution in [3.63, 3.8) is 0 Å². The lowest BCUT2D eigenvalue weighted by Gasteiger charge is -2.20. The van der Waals surface area contributed by atoms with E-state index in [0.717, 1.165) is 67.5 Å². The largest absolute Gasteiger partial charge is 0.308 e. The maximum atomic E-state index is 17.2. The minimum atomic E-state index is -3.52. The van der Waals surface area contributed by atoms with Gasteiger partial charge in [-0.2, -0.15) is 0 Å². The van der Waals surface area contributed by atoms with Gasteiger partial charge in [-0.05, 0) is 70.8 Å². The Labute approximate surface area is 343 Å². The molecule has 0 aliphatic carbocycles. The quantitative estimate of drug-likeness (QED) is 0.133. The van der Waals surface area contributed by atoms with E-state index in [2.05, 4.69) is 182 Å². The van der Waals surface area contributed by atoms with Crippen molar-refractivity contribution < 1.29 is 4.57 Å². The van der Waals surface area contributed by atoms with E-state index in [0.29, 0.717) is 0 Å². The second kappa shape index (κ2) is 14.9. The molecule has 1 aliphatic heterocycles. The molecule has 0 radical (unpaired) electrons. The summed E-state index contributed by atoms with van der Waals surface area (Å²) in [4.78, 5) is 8.98. The Morgan fingerprint density at radius 3 is 0.839 bits per heavy atom. The van der Waals surface area contributed by atoms with Gasteiger partial charge in [-0.3, -0.25) is 0 Å². The number of benzene rings is 5. The van der Waals surface area contributed by atoms with Crippen LogP contribution in [0.3, 0.4) is 0 Å². The van der Waals surface area contributed by atoms with Gasteiger partial charge in [0.1, 0.15) is 0 Å². The fourth-order valence-corrected chi connectivity index (χ4v) is 16.0. The lowest BCUT2D eigenvalue weighted by Crippen LogP contribution is -2.05. The normalized spacial score (nSPS) is 13.8. The van der Waals surface area contributed by atoms with Gasteiger partial charge in [0.25, 0.3) is 0 Å². The van der Waals surface area contributed by atoms with Gasteiger partial charge in [0.05, 0.1) is 0 Å². The lowest BCUT2D eigenvalue weighted by atomic mass is 10.0. The minimum Gasteiger partial charge on any atom is -0.308 e. The Morgan fingerprint density at radius 2 is 0.518 bits per heavy atom. The Bertz CT molecular complexity index is 2730. The highest BCUT2D eigenvalue weighted by Crippen LogP contribution is 2.78. The molecule has 0 bridgehead atoms. The maximum Gasteiger partial charge on any atom is 0.175 e. The van der Waals surface area contributed by atoms with Crippen LogP contribution in [0, 0.1) is 0 Å². The molecule has 0 spiro atoms. The van der Waals surface area contributed by atoms with Crippen molar-refractivity contribution >= 4 is 79.6 Å². The number of thiophene rings is 4. The zero-order valence-electron chi connectivity index (χ0n) is 30.0. The topological polar surface area (TPSA) is 17.1 Å². The molecular formula is C50H33OPS4. The van der Waals surface area contributed by atoms with E-state index in [-0.39, 0.29) is 0 Å². The van der Waals surface area contributed by atoms with Crippen LogP contribution in [0.5, 0.6) is 0 Å². The van der Waals surface area contributed by atoms with Gasteiger partial charge < -0.3 is 4.57 Å². The van der Waals surface area contributed by atoms with Crippen LogP contribution in [0.1, 0.15) is 19.5 Å². The van der Waals surface area contributed by atoms with E-state index in [1.807, 2.05) is 18.2 Å². The van der Waals surface area contributed by atoms with Crippen molar-refractivity contribution in [1.82, 2.24) is 0 Å². The fourth-order valence-electron chi connectivity index (χ4n) is 7.50. The van der Waals surface area contributed by atoms with Crippen LogP contribution in [0.4, 0.5) is 0 Å². The van der Waals surface area contributed by atoms with Gasteiger partial charge in [0, 0.05) is 66.1 Å². The third-order valence-corrected chi connectivity index (χ3v) is 18.2. The van der Waals surface area contributed by atoms with E-state index in [1.54, 1.807) is 45.3 Å². The predicted octanol–water partition coefficient (Wildman–Crippen LogP) is 15.7. The summed E-state index contributed by atoms with van der Waals surface area (Å²) in [6, 6.07) is 70.3. The van der Waals surface area contributed by atoms with Crippen LogP contribution in [-0.4, -0.2) is 0 Å². The van der Waals surface area contributed by atoms with Crippen LogP contribution < -0.4 is 5.30 Å². The average molecular weight is 809 g/mol. The third-order valence-electron chi connectivity index (χ3n) is 10.1. The highest BCUT2D eigenvalue weighted by atomic mass is 32.1. The molecule has 10 rings (SSSR count). The van der Waals surface area contributed by atoms with Crippen molar-refractivity contribution in [1.29, 1.82) is 0 Å². The van der Waals surface area contributed by atoms with Gasteiger partial charge in [-0.25, -0.2) is 0 Å². The van der Waals surface area contributed by atoms with E-state index in [9.17, 15) is 0 Å². The van der Waals surface area contributed by atoms with Crippen molar-refractivity contribution in [2.75, 3.05) is 0 Å². The molecule has 6 heteroatoms. The summed E-state index contributed by atoms with van der Waals surface area (Å²) >= 11 is 7.03. The fraction of sp³-hybridized carbons (Fsp3) is 0. The molecule has 1 nitrogen and oxygen atoms in total. The SMILES string of the molecule is O=P1(c2ccccc2)C(c2ccc(-c3ccccc3)s2)=C(c2ccc(-c3ccccc3)s2)C(c2ccc(-c3ccccc3)s2)=C1c1ccc(-c2ccccc2)s1. The van der Waals surface area contributed by atoms with Crippen LogP contribution >= 0.6 is 52.5 Å². The first-order valence-electron chi connectivity index (χ1n) is 18.4. The smallest absolute Gasteiger partial charge is 0.175 e. The first-order valence-corrected chi connectivity index (χ1v) is 23.4. The minimum absolute atomic E-state index is 0.849. The molecule has 4 aromatic heterocycles. The standard InChI is InChI=1S/C50H33OPS4/c51-52(38-24-14-5-15-25-38)49(45-32-28-41(55-45)36-20-10-3-11-21-36)47(43-30-26-39(53-43)34-16-6-1-7-17-34)48(44-31-27-40(54-44)35-18-8-2-9-19-35)50(52)46-33-29-42(56-46)37-22-12-4-13-23-37/h1-33H. The van der Waals surface area contributed by atoms with E-state index in [4.69, 9.17) is 0 Å². The van der Waals surface area contributed by atoms with E-state index < -0.39 is 7.14 Å². The number of allylic oxidation sites excluding steroid dienone is 2. The summed E-state index contributed by atoms with van der Waals surface area (Å²) < 4.78 is 17.2. The van der Waals surface area contributed by atoms with Gasteiger partial charge >= 0.3 is 0 Å². The molecule has 9 aromatic rings. The summed E-state index contributed by atoms with van der Waals surface area (Å²) in [7, 11) is -3.52. The van der Waals surface area contributed by atoms with Crippen molar-refractivity contribution in [3.05, 3.63) is 220 Å². The molecule has 1 aliphatic rings. The van der Waals surface area contributed by atoms with Crippen molar-refractivity contribution in [3.8, 4) is 41.8 Å². The predicted molar refractivity (Wildman–Crippen MR) is 246 cm³/mol. The van der Waals surface area contributed by atoms with Crippen LogP contribution in [0.15, 0.2) is 200 Å². The molecule has 0 saturated heterocycles. The summed E-state index contributed by atoms with van der Waals surface area (Å²) in [5.74, 6) is 0. The molecule has 0 amide bonds. The van der Waals surface area contributed by atoms with Gasteiger partial charge in [0.2, 0.25) is 0 Å². The summed E-state index contributed by atoms with van der Waals surface area (Å²) in [5, 5.41) is 2.69. The maximum absolute atomic E-state index is 17.2. The monoisotopic (exact) mass is 808 g/mol. The Morgan fingerprint density at radius 1 is 0.268 bits per heavy atom. The molecule has 0 N–H and O–H groups in total. The van der Waals surface area contributed by atoms with Gasteiger partial charge in [-0.15, -0.1) is 45.3 Å². The number of hydrogen-bond acceptors (Lipinski definition) is 5. The van der Waals surface area contributed by atoms with E-state index in [1.165, 1.54) is 20.9 Å². The highest BCUT2D eigenvalue weighted by molar-refractivity contribution is 7.92. The zero-order valence-corrected chi connectivity index (χ0v) is 34.2. The molecule has 0 atom stereocenters. The molecule has 5 aromatic carbocycles. The summed E-state index contributed by atoms with van der Waals surface area (Å²) in [6.45, 7) is 0. The van der Waals surface area contributed by atoms with Crippen molar-refractivity contribution in [2.45, 2.75) is 0 Å². The summed E-state index contributed by atoms with van der Waals surface area (Å²) in [5.41, 5.74) is 6.80. The number of rotatable bonds is 9. The zero-order chi connectivity index (χ0) is 37.5. The average Bonchev–Trinajstić information content (AvgIpc) is 4.13. The first kappa shape index (κ1) is 35.1. The Kier molecular flexibility index (Phi) is 9.35. The molecule has 268 valence electrons. The lowest BCUT2D eigenvalue weighted by molar-refractivity contribution is 0.593. The first-order chi connectivity index (χ1) is 27.6. The second-order valence-electron chi connectivity index (χ2n) is 13.5. The van der Waals surface area contributed by atoms with Gasteiger partial charge in [-0.1, -0.05) is 152 Å². The highest BCUT2D eigenvalue weighted by Gasteiger charge is 2.48. The van der Waals surface area contributed by atoms with Gasteiger partial charge in [0.15, 0.2) is 7.14 Å². The Hall–Kier alpha value is -5.39. The van der Waals surface area contributed by atoms with Crippen LogP contribution in [-0.2, 0) is 4.57 Å². The molecule has 56 heavy (non-hydrogen) atoms. The Balaban J connectivity index is 1.30. The molecule has 0 fully saturated rings. The number of hydrogen-bond donors (Lipinski definition) is 0. The second-order valence-corrected chi connectivity index (χ2v) is 20.5. The molecule has 5 heterocycles. The van der Waals surface area contributed by atoms with Crippen molar-refractivity contribution in [2.24, 2.45) is 0 Å². The molecular weight excluding hydrogens is 776 g/mol. The van der Waals surface area contributed by atoms with Crippen LogP contribution in [0.25, 0.3) is 63.5 Å². The molecule has 0 unspecified atom stereocenters. The van der Waals surface area contributed by atoms with Crippen LogP contribution in [0.2, 0.25) is 0 Å². The molecule has 0 saturated carbocycles.